The van der Waals surface area contributed by atoms with Crippen LogP contribution in [0.1, 0.15) is 41.6 Å². The van der Waals surface area contributed by atoms with E-state index in [1.165, 1.54) is 18.2 Å². The van der Waals surface area contributed by atoms with Gasteiger partial charge in [0.2, 0.25) is 5.91 Å². The first kappa shape index (κ1) is 27.8. The highest BCUT2D eigenvalue weighted by atomic mass is 16.5. The largest absolute Gasteiger partial charge is 0.490 e. The second kappa shape index (κ2) is 13.5. The van der Waals surface area contributed by atoms with Crippen molar-refractivity contribution in [3.63, 3.8) is 0 Å². The van der Waals surface area contributed by atoms with Crippen LogP contribution >= 0.6 is 0 Å². The molecule has 0 saturated carbocycles. The van der Waals surface area contributed by atoms with Gasteiger partial charge in [-0.25, -0.2) is 0 Å². The molecular formula is C28H33N5O6. The van der Waals surface area contributed by atoms with Crippen LogP contribution in [0.5, 0.6) is 11.5 Å². The maximum absolute atomic E-state index is 13.1. The van der Waals surface area contributed by atoms with Crippen LogP contribution in [0.3, 0.4) is 0 Å². The first-order valence-electron chi connectivity index (χ1n) is 12.9. The molecule has 2 aromatic rings. The molecule has 0 radical (unpaired) electrons. The summed E-state index contributed by atoms with van der Waals surface area (Å²) in [6.07, 6.45) is 4.59. The lowest BCUT2D eigenvalue weighted by Crippen LogP contribution is -2.46. The van der Waals surface area contributed by atoms with Crippen molar-refractivity contribution in [2.75, 3.05) is 26.9 Å². The summed E-state index contributed by atoms with van der Waals surface area (Å²) in [6.45, 7) is 1.65. The van der Waals surface area contributed by atoms with Gasteiger partial charge in [-0.2, -0.15) is 5.10 Å². The number of ether oxygens (including phenoxy) is 3. The molecule has 2 aliphatic rings. The Hall–Kier alpha value is -4.25. The zero-order valence-corrected chi connectivity index (χ0v) is 21.9. The Morgan fingerprint density at radius 2 is 2.00 bits per heavy atom. The van der Waals surface area contributed by atoms with Gasteiger partial charge in [-0.05, 0) is 42.8 Å². The van der Waals surface area contributed by atoms with E-state index in [-0.39, 0.29) is 43.9 Å². The van der Waals surface area contributed by atoms with Gasteiger partial charge in [-0.15, -0.1) is 0 Å². The van der Waals surface area contributed by atoms with E-state index in [4.69, 9.17) is 20.1 Å². The lowest BCUT2D eigenvalue weighted by Gasteiger charge is -2.25. The number of hydrogen-bond acceptors (Lipinski definition) is 9. The minimum absolute atomic E-state index is 0.0274. The topological polar surface area (TPSA) is 145 Å². The smallest absolute Gasteiger partial charge is 0.255 e. The summed E-state index contributed by atoms with van der Waals surface area (Å²) < 4.78 is 17.3. The second-order valence-electron chi connectivity index (χ2n) is 9.18. The highest BCUT2D eigenvalue weighted by molar-refractivity contribution is 6.31. The van der Waals surface area contributed by atoms with E-state index in [0.29, 0.717) is 41.5 Å². The average Bonchev–Trinajstić information content (AvgIpc) is 3.31. The molecule has 206 valence electrons. The van der Waals surface area contributed by atoms with E-state index in [2.05, 4.69) is 15.4 Å². The number of fused-ring (bicyclic) bond motifs is 1. The molecule has 0 bridgehead atoms. The summed E-state index contributed by atoms with van der Waals surface area (Å²) in [5.41, 5.74) is 2.21. The summed E-state index contributed by atoms with van der Waals surface area (Å²) in [4.78, 5) is 42.3. The van der Waals surface area contributed by atoms with Gasteiger partial charge in [0.15, 0.2) is 0 Å². The van der Waals surface area contributed by atoms with Gasteiger partial charge < -0.3 is 35.1 Å². The van der Waals surface area contributed by atoms with Crippen LogP contribution in [0.2, 0.25) is 0 Å². The van der Waals surface area contributed by atoms with Crippen molar-refractivity contribution >= 4 is 35.7 Å². The Bertz CT molecular complexity index is 1220. The molecule has 2 aliphatic heterocycles. The first-order chi connectivity index (χ1) is 19.0. The van der Waals surface area contributed by atoms with Gasteiger partial charge >= 0.3 is 0 Å². The number of nitrogens with zero attached hydrogens (tertiary/aromatic N) is 3. The number of nitrogens with two attached hydrogens (primary N) is 1. The van der Waals surface area contributed by atoms with E-state index in [1.54, 1.807) is 18.2 Å². The van der Waals surface area contributed by atoms with Crippen LogP contribution in [0, 0.1) is 0 Å². The Balaban J connectivity index is 1.38. The van der Waals surface area contributed by atoms with E-state index in [0.717, 1.165) is 24.9 Å². The lowest BCUT2D eigenvalue weighted by atomic mass is 10.1. The predicted molar refractivity (Wildman–Crippen MR) is 146 cm³/mol. The van der Waals surface area contributed by atoms with Crippen molar-refractivity contribution in [1.29, 1.82) is 0 Å². The molecule has 11 heteroatoms. The summed E-state index contributed by atoms with van der Waals surface area (Å²) in [5.74, 6) is 6.23. The van der Waals surface area contributed by atoms with E-state index >= 15 is 0 Å². The fourth-order valence-electron chi connectivity index (χ4n) is 4.54. The van der Waals surface area contributed by atoms with Gasteiger partial charge in [-0.3, -0.25) is 14.6 Å². The van der Waals surface area contributed by atoms with Crippen molar-refractivity contribution in [3.8, 4) is 11.5 Å². The van der Waals surface area contributed by atoms with Gasteiger partial charge in [0.25, 0.3) is 5.91 Å². The third kappa shape index (κ3) is 6.99. The summed E-state index contributed by atoms with van der Waals surface area (Å²) in [5, 5.41) is 6.35. The van der Waals surface area contributed by atoms with Crippen LogP contribution < -0.4 is 20.6 Å². The molecule has 0 spiro atoms. The summed E-state index contributed by atoms with van der Waals surface area (Å²) >= 11 is 0. The number of benzene rings is 2. The van der Waals surface area contributed by atoms with Crippen molar-refractivity contribution in [1.82, 2.24) is 10.2 Å². The van der Waals surface area contributed by atoms with Gasteiger partial charge in [0, 0.05) is 37.4 Å². The standard InChI is InChI=1S/C28H33N5O6/c1-30-27(35)25(5-3-13-34)33-17-24-23(28(33)36)4-2-6-26(24)38-18-20(32-29)16-31-19-7-9-21(10-8-19)39-22-11-14-37-15-12-22/h2,4,6-10,13,16,22,25H,3,5,11-12,14-15,17-18,29H2,1H3,(H,30,35). The number of hydrogen-bond donors (Lipinski definition) is 2. The molecule has 2 amide bonds. The van der Waals surface area contributed by atoms with Crippen molar-refractivity contribution in [2.45, 2.75) is 44.4 Å². The number of aliphatic imine (C=N–C) groups is 1. The van der Waals surface area contributed by atoms with Crippen molar-refractivity contribution in [3.05, 3.63) is 53.6 Å². The maximum Gasteiger partial charge on any atom is 0.255 e. The third-order valence-corrected chi connectivity index (χ3v) is 6.65. The number of nitrogens with one attached hydrogen (secondary N) is 1. The van der Waals surface area contributed by atoms with Gasteiger partial charge in [-0.1, -0.05) is 6.07 Å². The molecule has 0 aromatic heterocycles. The molecule has 1 unspecified atom stereocenters. The quantitative estimate of drug-likeness (QED) is 0.184. The molecular weight excluding hydrogens is 502 g/mol. The Morgan fingerprint density at radius 3 is 2.69 bits per heavy atom. The minimum Gasteiger partial charge on any atom is -0.490 e. The SMILES string of the molecule is CNC(=O)C(CCC=O)N1Cc2c(OCC(C=Nc3ccc(OC4CCOCC4)cc3)=NN)cccc2C1=O. The van der Waals surface area contributed by atoms with Crippen LogP contribution in [0.4, 0.5) is 5.69 Å². The van der Waals surface area contributed by atoms with Gasteiger partial charge in [0.1, 0.15) is 42.2 Å². The molecule has 0 aliphatic carbocycles. The van der Waals surface area contributed by atoms with Crippen LogP contribution in [0.25, 0.3) is 0 Å². The normalized spacial score (nSPS) is 16.7. The van der Waals surface area contributed by atoms with Crippen LogP contribution in [0.15, 0.2) is 52.6 Å². The van der Waals surface area contributed by atoms with Crippen LogP contribution in [-0.2, 0) is 20.9 Å². The predicted octanol–water partition coefficient (Wildman–Crippen LogP) is 2.39. The highest BCUT2D eigenvalue weighted by Gasteiger charge is 2.37. The molecule has 2 heterocycles. The maximum atomic E-state index is 13.1. The minimum atomic E-state index is -0.755. The molecule has 2 aromatic carbocycles. The van der Waals surface area contributed by atoms with Crippen molar-refractivity contribution in [2.24, 2.45) is 15.9 Å². The summed E-state index contributed by atoms with van der Waals surface area (Å²) in [6, 6.07) is 11.8. The highest BCUT2D eigenvalue weighted by Crippen LogP contribution is 2.33. The number of carbonyl (C=O) groups excluding carboxylic acids is 3. The van der Waals surface area contributed by atoms with Gasteiger partial charge in [0.05, 0.1) is 31.7 Å². The third-order valence-electron chi connectivity index (χ3n) is 6.65. The molecule has 1 saturated heterocycles. The Kier molecular flexibility index (Phi) is 9.63. The molecule has 11 nitrogen and oxygen atoms in total. The number of likely N-dealkylation sites (N-methyl/N-ethyl adjacent to an activating group) is 1. The average molecular weight is 536 g/mol. The first-order valence-corrected chi connectivity index (χ1v) is 12.9. The molecule has 4 rings (SSSR count). The number of aldehydes is 1. The zero-order valence-electron chi connectivity index (χ0n) is 21.9. The number of hydrazone groups is 1. The fourth-order valence-corrected chi connectivity index (χ4v) is 4.54. The Labute approximate surface area is 227 Å². The lowest BCUT2D eigenvalue weighted by molar-refractivity contribution is -0.125. The van der Waals surface area contributed by atoms with E-state index < -0.39 is 6.04 Å². The fraction of sp³-hybridized carbons (Fsp3) is 0.393. The number of rotatable bonds is 12. The monoisotopic (exact) mass is 535 g/mol. The number of carbonyl (C=O) groups is 3. The molecule has 1 fully saturated rings. The Morgan fingerprint density at radius 1 is 1.23 bits per heavy atom. The zero-order chi connectivity index (χ0) is 27.6. The van der Waals surface area contributed by atoms with E-state index in [9.17, 15) is 14.4 Å². The summed E-state index contributed by atoms with van der Waals surface area (Å²) in [7, 11) is 1.50. The molecule has 3 N–H and O–H groups in total. The van der Waals surface area contributed by atoms with Crippen molar-refractivity contribution < 1.29 is 28.6 Å². The van der Waals surface area contributed by atoms with E-state index in [1.807, 2.05) is 24.3 Å². The molecule has 1 atom stereocenters. The second-order valence-corrected chi connectivity index (χ2v) is 9.18. The van der Waals surface area contributed by atoms with Crippen LogP contribution in [-0.4, -0.2) is 73.9 Å². The number of amides is 2. The molecule has 39 heavy (non-hydrogen) atoms.